The third-order valence-electron chi connectivity index (χ3n) is 2.87. The first-order chi connectivity index (χ1) is 9.29. The molecule has 0 bridgehead atoms. The topological polar surface area (TPSA) is 26.0 Å². The van der Waals surface area contributed by atoms with E-state index in [0.29, 0.717) is 10.0 Å². The molecule has 0 aromatic heterocycles. The lowest BCUT2D eigenvalue weighted by atomic mass is 9.98. The Kier molecular flexibility index (Phi) is 4.15. The van der Waals surface area contributed by atoms with Gasteiger partial charge < -0.3 is 5.73 Å². The Hall–Kier alpha value is -1.40. The molecular formula is C14H10BrF4N. The minimum absolute atomic E-state index is 0.255. The molecule has 0 heterocycles. The first-order valence-electron chi connectivity index (χ1n) is 5.66. The van der Waals surface area contributed by atoms with Crippen molar-refractivity contribution in [1.82, 2.24) is 0 Å². The van der Waals surface area contributed by atoms with Crippen LogP contribution in [0.1, 0.15) is 22.7 Å². The molecule has 0 saturated carbocycles. The molecule has 106 valence electrons. The van der Waals surface area contributed by atoms with Gasteiger partial charge in [-0.3, -0.25) is 0 Å². The Balaban J connectivity index is 2.46. The van der Waals surface area contributed by atoms with Crippen LogP contribution in [-0.4, -0.2) is 0 Å². The summed E-state index contributed by atoms with van der Waals surface area (Å²) in [6.07, 6.45) is -4.45. The van der Waals surface area contributed by atoms with E-state index in [4.69, 9.17) is 5.73 Å². The molecule has 1 atom stereocenters. The largest absolute Gasteiger partial charge is 0.416 e. The van der Waals surface area contributed by atoms with Crippen LogP contribution in [0.25, 0.3) is 0 Å². The second-order valence-corrected chi connectivity index (χ2v) is 5.12. The first-order valence-corrected chi connectivity index (χ1v) is 6.46. The summed E-state index contributed by atoms with van der Waals surface area (Å²) in [7, 11) is 0. The van der Waals surface area contributed by atoms with Crippen molar-refractivity contribution in [3.63, 3.8) is 0 Å². The minimum atomic E-state index is -4.45. The van der Waals surface area contributed by atoms with Crippen LogP contribution in [0.3, 0.4) is 0 Å². The SMILES string of the molecule is NC(c1cccc(F)c1)c1cc(C(F)(F)F)ccc1Br. The highest BCUT2D eigenvalue weighted by Crippen LogP contribution is 2.35. The van der Waals surface area contributed by atoms with Gasteiger partial charge in [-0.2, -0.15) is 13.2 Å². The summed E-state index contributed by atoms with van der Waals surface area (Å²) in [4.78, 5) is 0. The second-order valence-electron chi connectivity index (χ2n) is 4.27. The van der Waals surface area contributed by atoms with Gasteiger partial charge in [-0.1, -0.05) is 28.1 Å². The number of nitrogens with two attached hydrogens (primary N) is 1. The van der Waals surface area contributed by atoms with Crippen molar-refractivity contribution >= 4 is 15.9 Å². The highest BCUT2D eigenvalue weighted by atomic mass is 79.9. The van der Waals surface area contributed by atoms with E-state index in [1.807, 2.05) is 0 Å². The summed E-state index contributed by atoms with van der Waals surface area (Å²) in [6.45, 7) is 0. The van der Waals surface area contributed by atoms with Crippen molar-refractivity contribution < 1.29 is 17.6 Å². The van der Waals surface area contributed by atoms with Gasteiger partial charge >= 0.3 is 6.18 Å². The Labute approximate surface area is 121 Å². The maximum absolute atomic E-state index is 13.2. The van der Waals surface area contributed by atoms with Crippen molar-refractivity contribution in [1.29, 1.82) is 0 Å². The van der Waals surface area contributed by atoms with Crippen LogP contribution < -0.4 is 5.73 Å². The van der Waals surface area contributed by atoms with Crippen LogP contribution in [0.4, 0.5) is 17.6 Å². The van der Waals surface area contributed by atoms with E-state index < -0.39 is 23.6 Å². The van der Waals surface area contributed by atoms with Crippen LogP contribution in [0.15, 0.2) is 46.9 Å². The average Bonchev–Trinajstić information content (AvgIpc) is 2.37. The van der Waals surface area contributed by atoms with E-state index >= 15 is 0 Å². The quantitative estimate of drug-likeness (QED) is 0.786. The maximum Gasteiger partial charge on any atom is 0.416 e. The van der Waals surface area contributed by atoms with Crippen LogP contribution in [-0.2, 0) is 6.18 Å². The first kappa shape index (κ1) is 15.0. The average molecular weight is 348 g/mol. The zero-order chi connectivity index (χ0) is 14.9. The molecule has 0 fully saturated rings. The Morgan fingerprint density at radius 1 is 1.05 bits per heavy atom. The van der Waals surface area contributed by atoms with E-state index in [2.05, 4.69) is 15.9 Å². The molecule has 1 unspecified atom stereocenters. The second kappa shape index (κ2) is 5.54. The molecule has 2 aromatic rings. The zero-order valence-electron chi connectivity index (χ0n) is 10.1. The Morgan fingerprint density at radius 2 is 1.75 bits per heavy atom. The van der Waals surface area contributed by atoms with Gasteiger partial charge in [-0.25, -0.2) is 4.39 Å². The molecule has 0 spiro atoms. The van der Waals surface area contributed by atoms with Crippen molar-refractivity contribution in [3.05, 3.63) is 69.4 Å². The van der Waals surface area contributed by atoms with Gasteiger partial charge in [-0.15, -0.1) is 0 Å². The summed E-state index contributed by atoms with van der Waals surface area (Å²) in [5, 5.41) is 0. The van der Waals surface area contributed by atoms with Gasteiger partial charge in [0.15, 0.2) is 0 Å². The van der Waals surface area contributed by atoms with Gasteiger partial charge in [0, 0.05) is 4.47 Å². The fraction of sp³-hybridized carbons (Fsp3) is 0.143. The van der Waals surface area contributed by atoms with E-state index in [0.717, 1.165) is 12.1 Å². The molecule has 2 aromatic carbocycles. The van der Waals surface area contributed by atoms with Crippen molar-refractivity contribution in [2.24, 2.45) is 5.73 Å². The molecule has 0 aliphatic rings. The predicted octanol–water partition coefficient (Wildman–Crippen LogP) is 4.66. The van der Waals surface area contributed by atoms with E-state index in [-0.39, 0.29) is 5.56 Å². The summed E-state index contributed by atoms with van der Waals surface area (Å²) in [5.74, 6) is -0.485. The Morgan fingerprint density at radius 3 is 2.35 bits per heavy atom. The van der Waals surface area contributed by atoms with Gasteiger partial charge in [0.2, 0.25) is 0 Å². The monoisotopic (exact) mass is 347 g/mol. The number of benzene rings is 2. The number of hydrogen-bond donors (Lipinski definition) is 1. The highest BCUT2D eigenvalue weighted by Gasteiger charge is 2.31. The number of alkyl halides is 3. The smallest absolute Gasteiger partial charge is 0.320 e. The van der Waals surface area contributed by atoms with Gasteiger partial charge in [0.25, 0.3) is 0 Å². The zero-order valence-corrected chi connectivity index (χ0v) is 11.7. The fourth-order valence-corrected chi connectivity index (χ4v) is 2.33. The maximum atomic E-state index is 13.2. The summed E-state index contributed by atoms with van der Waals surface area (Å²) in [6, 6.07) is 7.87. The van der Waals surface area contributed by atoms with Crippen molar-refractivity contribution in [2.45, 2.75) is 12.2 Å². The molecule has 2 N–H and O–H groups in total. The molecule has 0 amide bonds. The van der Waals surface area contributed by atoms with Crippen molar-refractivity contribution in [2.75, 3.05) is 0 Å². The fourth-order valence-electron chi connectivity index (χ4n) is 1.84. The molecule has 1 nitrogen and oxygen atoms in total. The molecule has 0 radical (unpaired) electrons. The summed E-state index contributed by atoms with van der Waals surface area (Å²) < 4.78 is 51.8. The van der Waals surface area contributed by atoms with Crippen LogP contribution in [0.2, 0.25) is 0 Å². The van der Waals surface area contributed by atoms with Crippen LogP contribution in [0.5, 0.6) is 0 Å². The van der Waals surface area contributed by atoms with E-state index in [1.54, 1.807) is 6.07 Å². The normalized spacial score (nSPS) is 13.3. The summed E-state index contributed by atoms with van der Waals surface area (Å²) in [5.41, 5.74) is 5.81. The minimum Gasteiger partial charge on any atom is -0.320 e. The van der Waals surface area contributed by atoms with Crippen molar-refractivity contribution in [3.8, 4) is 0 Å². The lowest BCUT2D eigenvalue weighted by Crippen LogP contribution is -2.14. The third kappa shape index (κ3) is 3.19. The lowest BCUT2D eigenvalue weighted by Gasteiger charge is -2.17. The molecule has 0 aliphatic carbocycles. The number of rotatable bonds is 2. The van der Waals surface area contributed by atoms with Crippen LogP contribution >= 0.6 is 15.9 Å². The standard InChI is InChI=1S/C14H10BrF4N/c15-12-5-4-9(14(17,18)19)7-11(12)13(20)8-2-1-3-10(16)6-8/h1-7,13H,20H2. The molecule has 2 rings (SSSR count). The molecule has 0 saturated heterocycles. The molecule has 0 aliphatic heterocycles. The van der Waals surface area contributed by atoms with E-state index in [1.165, 1.54) is 24.3 Å². The summed E-state index contributed by atoms with van der Waals surface area (Å²) >= 11 is 3.17. The van der Waals surface area contributed by atoms with E-state index in [9.17, 15) is 17.6 Å². The van der Waals surface area contributed by atoms with Gasteiger partial charge in [-0.05, 0) is 41.5 Å². The molecular weight excluding hydrogens is 338 g/mol. The number of halogens is 5. The highest BCUT2D eigenvalue weighted by molar-refractivity contribution is 9.10. The van der Waals surface area contributed by atoms with Gasteiger partial charge in [0.1, 0.15) is 5.82 Å². The Bertz CT molecular complexity index is 625. The van der Waals surface area contributed by atoms with Gasteiger partial charge in [0.05, 0.1) is 11.6 Å². The lowest BCUT2D eigenvalue weighted by molar-refractivity contribution is -0.137. The number of hydrogen-bond acceptors (Lipinski definition) is 1. The van der Waals surface area contributed by atoms with Crippen LogP contribution in [0, 0.1) is 5.82 Å². The molecule has 6 heteroatoms. The predicted molar refractivity (Wildman–Crippen MR) is 71.6 cm³/mol. The third-order valence-corrected chi connectivity index (χ3v) is 3.59. The molecule has 20 heavy (non-hydrogen) atoms.